The highest BCUT2D eigenvalue weighted by molar-refractivity contribution is 6.11. The van der Waals surface area contributed by atoms with Crippen LogP contribution in [0.3, 0.4) is 0 Å². The number of amides is 3. The number of methoxy groups -OCH3 is 2. The van der Waals surface area contributed by atoms with Gasteiger partial charge in [-0.1, -0.05) is 17.7 Å². The van der Waals surface area contributed by atoms with Crippen molar-refractivity contribution in [3.63, 3.8) is 0 Å². The van der Waals surface area contributed by atoms with E-state index in [2.05, 4.69) is 16.0 Å². The van der Waals surface area contributed by atoms with Crippen LogP contribution in [-0.4, -0.2) is 38.0 Å². The quantitative estimate of drug-likeness (QED) is 0.495. The van der Waals surface area contributed by atoms with Crippen molar-refractivity contribution in [3.05, 3.63) is 47.0 Å². The molecule has 2 aliphatic heterocycles. The number of nitrogens with one attached hydrogen (secondary N) is 3. The van der Waals surface area contributed by atoms with Gasteiger partial charge in [0.1, 0.15) is 17.0 Å². The number of benzene rings is 2. The summed E-state index contributed by atoms with van der Waals surface area (Å²) >= 11 is 0. The van der Waals surface area contributed by atoms with Crippen LogP contribution >= 0.6 is 0 Å². The first kappa shape index (κ1) is 23.6. The topological polar surface area (TPSA) is 132 Å². The van der Waals surface area contributed by atoms with Crippen molar-refractivity contribution in [2.45, 2.75) is 44.7 Å². The van der Waals surface area contributed by atoms with Gasteiger partial charge in [0.05, 0.1) is 25.8 Å². The Labute approximate surface area is 198 Å². The zero-order valence-electron chi connectivity index (χ0n) is 19.8. The predicted octanol–water partition coefficient (Wildman–Crippen LogP) is 2.35. The molecule has 0 saturated carbocycles. The Kier molecular flexibility index (Phi) is 6.22. The lowest BCUT2D eigenvalue weighted by Gasteiger charge is -2.29. The van der Waals surface area contributed by atoms with Crippen molar-refractivity contribution in [2.75, 3.05) is 24.9 Å². The first-order chi connectivity index (χ1) is 16.2. The highest BCUT2D eigenvalue weighted by Gasteiger charge is 2.60. The molecule has 3 atom stereocenters. The Morgan fingerprint density at radius 3 is 2.62 bits per heavy atom. The summed E-state index contributed by atoms with van der Waals surface area (Å²) in [6.07, 6.45) is 0.953. The lowest BCUT2D eigenvalue weighted by atomic mass is 9.78. The van der Waals surface area contributed by atoms with Gasteiger partial charge in [-0.3, -0.25) is 19.7 Å². The third-order valence-electron chi connectivity index (χ3n) is 6.70. The molecule has 0 radical (unpaired) electrons. The van der Waals surface area contributed by atoms with Gasteiger partial charge >= 0.3 is 0 Å². The van der Waals surface area contributed by atoms with Gasteiger partial charge in [0.15, 0.2) is 0 Å². The molecular weight excluding hydrogens is 436 g/mol. The van der Waals surface area contributed by atoms with E-state index in [-0.39, 0.29) is 24.3 Å². The molecule has 0 unspecified atom stereocenters. The standard InChI is InChI=1S/C25H30N4O5/c1-13-9-14(2)22-17(10-13)25(24(32)28-22)18(11-15(29-25)5-8-21(26)30)23(31)27-19-12-16(33-3)6-7-20(19)34-4/h6-7,9-10,12,15,18,29H,5,8,11H2,1-4H3,(H2,26,30)(H,27,31)(H,28,32)/t15-,18+,25-/m0/s1. The van der Waals surface area contributed by atoms with Crippen LogP contribution in [0.15, 0.2) is 30.3 Å². The minimum atomic E-state index is -1.26. The molecule has 34 heavy (non-hydrogen) atoms. The second-order valence-corrected chi connectivity index (χ2v) is 8.96. The van der Waals surface area contributed by atoms with Crippen molar-refractivity contribution in [3.8, 4) is 11.5 Å². The third kappa shape index (κ3) is 3.96. The summed E-state index contributed by atoms with van der Waals surface area (Å²) in [4.78, 5) is 38.7. The highest BCUT2D eigenvalue weighted by Crippen LogP contribution is 2.49. The van der Waals surface area contributed by atoms with Gasteiger partial charge in [0.2, 0.25) is 17.7 Å². The summed E-state index contributed by atoms with van der Waals surface area (Å²) in [5.41, 5.74) is 7.93. The molecule has 180 valence electrons. The van der Waals surface area contributed by atoms with E-state index < -0.39 is 17.4 Å². The van der Waals surface area contributed by atoms with Gasteiger partial charge in [-0.25, -0.2) is 0 Å². The van der Waals surface area contributed by atoms with Crippen LogP contribution in [0.4, 0.5) is 11.4 Å². The van der Waals surface area contributed by atoms with E-state index in [1.807, 2.05) is 26.0 Å². The average molecular weight is 467 g/mol. The molecule has 2 heterocycles. The number of carbonyl (C=O) groups excluding carboxylic acids is 3. The molecule has 2 aliphatic rings. The number of aryl methyl sites for hydroxylation is 2. The van der Waals surface area contributed by atoms with Crippen LogP contribution in [0.2, 0.25) is 0 Å². The summed E-state index contributed by atoms with van der Waals surface area (Å²) < 4.78 is 10.7. The van der Waals surface area contributed by atoms with E-state index in [1.165, 1.54) is 14.2 Å². The third-order valence-corrected chi connectivity index (χ3v) is 6.70. The molecule has 5 N–H and O–H groups in total. The lowest BCUT2D eigenvalue weighted by Crippen LogP contribution is -2.52. The first-order valence-corrected chi connectivity index (χ1v) is 11.2. The maximum Gasteiger partial charge on any atom is 0.250 e. The van der Waals surface area contributed by atoms with E-state index >= 15 is 0 Å². The monoisotopic (exact) mass is 466 g/mol. The summed E-state index contributed by atoms with van der Waals surface area (Å²) in [6.45, 7) is 3.89. The Morgan fingerprint density at radius 1 is 1.18 bits per heavy atom. The lowest BCUT2D eigenvalue weighted by molar-refractivity contribution is -0.130. The molecule has 0 bridgehead atoms. The van der Waals surface area contributed by atoms with E-state index in [0.717, 1.165) is 22.4 Å². The van der Waals surface area contributed by atoms with Gasteiger partial charge in [-0.15, -0.1) is 0 Å². The highest BCUT2D eigenvalue weighted by atomic mass is 16.5. The predicted molar refractivity (Wildman–Crippen MR) is 128 cm³/mol. The molecule has 9 nitrogen and oxygen atoms in total. The Balaban J connectivity index is 1.75. The van der Waals surface area contributed by atoms with E-state index in [1.54, 1.807) is 18.2 Å². The molecule has 9 heteroatoms. The zero-order chi connectivity index (χ0) is 24.6. The number of rotatable bonds is 7. The fraction of sp³-hybridized carbons (Fsp3) is 0.400. The van der Waals surface area contributed by atoms with Crippen LogP contribution in [0.5, 0.6) is 11.5 Å². The number of carbonyl (C=O) groups is 3. The number of fused-ring (bicyclic) bond motifs is 2. The van der Waals surface area contributed by atoms with Gasteiger partial charge in [0.25, 0.3) is 0 Å². The minimum absolute atomic E-state index is 0.160. The molecule has 1 fully saturated rings. The minimum Gasteiger partial charge on any atom is -0.497 e. The van der Waals surface area contributed by atoms with Gasteiger partial charge in [-0.2, -0.15) is 0 Å². The summed E-state index contributed by atoms with van der Waals surface area (Å²) in [7, 11) is 3.05. The molecule has 4 rings (SSSR count). The summed E-state index contributed by atoms with van der Waals surface area (Å²) in [6, 6.07) is 8.81. The van der Waals surface area contributed by atoms with Crippen LogP contribution in [0.1, 0.15) is 36.0 Å². The molecule has 0 aliphatic carbocycles. The fourth-order valence-electron chi connectivity index (χ4n) is 5.15. The van der Waals surface area contributed by atoms with E-state index in [0.29, 0.717) is 30.0 Å². The Morgan fingerprint density at radius 2 is 1.94 bits per heavy atom. The molecule has 2 aromatic carbocycles. The molecule has 1 spiro atoms. The SMILES string of the molecule is COc1ccc(OC)c(NC(=O)[C@H]2C[C@H](CCC(N)=O)N[C@]23C(=O)Nc2c(C)cc(C)cc23)c1. The number of hydrogen-bond donors (Lipinski definition) is 4. The van der Waals surface area contributed by atoms with Crippen LogP contribution < -0.4 is 31.2 Å². The smallest absolute Gasteiger partial charge is 0.250 e. The zero-order valence-corrected chi connectivity index (χ0v) is 19.8. The van der Waals surface area contributed by atoms with Gasteiger partial charge in [0, 0.05) is 29.8 Å². The van der Waals surface area contributed by atoms with Crippen molar-refractivity contribution >= 4 is 29.1 Å². The number of nitrogens with two attached hydrogens (primary N) is 1. The summed E-state index contributed by atoms with van der Waals surface area (Å²) in [5, 5.41) is 9.34. The number of hydrogen-bond acceptors (Lipinski definition) is 6. The van der Waals surface area contributed by atoms with E-state index in [9.17, 15) is 14.4 Å². The largest absolute Gasteiger partial charge is 0.497 e. The fourth-order valence-corrected chi connectivity index (χ4v) is 5.15. The molecular formula is C25H30N4O5. The number of primary amides is 1. The van der Waals surface area contributed by atoms with Crippen molar-refractivity contribution < 1.29 is 23.9 Å². The average Bonchev–Trinajstić information content (AvgIpc) is 3.32. The van der Waals surface area contributed by atoms with Crippen molar-refractivity contribution in [2.24, 2.45) is 11.7 Å². The molecule has 2 aromatic rings. The second-order valence-electron chi connectivity index (χ2n) is 8.96. The van der Waals surface area contributed by atoms with Gasteiger partial charge < -0.3 is 25.8 Å². The van der Waals surface area contributed by atoms with Crippen LogP contribution in [0, 0.1) is 19.8 Å². The molecule has 1 saturated heterocycles. The number of anilines is 2. The maximum absolute atomic E-state index is 13.7. The van der Waals surface area contributed by atoms with E-state index in [4.69, 9.17) is 15.2 Å². The van der Waals surface area contributed by atoms with Crippen LogP contribution in [0.25, 0.3) is 0 Å². The normalized spacial score (nSPS) is 22.9. The molecule has 0 aromatic heterocycles. The summed E-state index contributed by atoms with van der Waals surface area (Å²) in [5.74, 6) is -0.734. The first-order valence-electron chi connectivity index (χ1n) is 11.2. The van der Waals surface area contributed by atoms with Crippen molar-refractivity contribution in [1.82, 2.24) is 5.32 Å². The number of ether oxygens (including phenoxy) is 2. The van der Waals surface area contributed by atoms with Crippen LogP contribution in [-0.2, 0) is 19.9 Å². The second kappa shape index (κ2) is 8.98. The van der Waals surface area contributed by atoms with Crippen molar-refractivity contribution in [1.29, 1.82) is 0 Å². The van der Waals surface area contributed by atoms with Gasteiger partial charge in [-0.05, 0) is 44.4 Å². The Hall–Kier alpha value is -3.59. The molecule has 3 amide bonds. The Bertz CT molecular complexity index is 1160. The maximum atomic E-state index is 13.7.